The lowest BCUT2D eigenvalue weighted by molar-refractivity contribution is -0.0498. The number of nitrogens with zero attached hydrogens (tertiary/aromatic N) is 1. The molecule has 1 N–H and O–H groups in total. The number of carbonyl (C=O) groups is 1. The highest BCUT2D eigenvalue weighted by Gasteiger charge is 2.10. The molecule has 1 amide bonds. The summed E-state index contributed by atoms with van der Waals surface area (Å²) in [5.74, 6) is -1.31. The average Bonchev–Trinajstić information content (AvgIpc) is 2.53. The molecule has 0 spiro atoms. The van der Waals surface area contributed by atoms with Crippen molar-refractivity contribution in [3.8, 4) is 5.75 Å². The van der Waals surface area contributed by atoms with Gasteiger partial charge >= 0.3 is 6.61 Å². The Bertz CT molecular complexity index is 716. The van der Waals surface area contributed by atoms with E-state index in [1.165, 1.54) is 48.5 Å². The van der Waals surface area contributed by atoms with Crippen molar-refractivity contribution in [2.45, 2.75) is 13.5 Å². The molecule has 120 valence electrons. The fourth-order valence-corrected chi connectivity index (χ4v) is 1.78. The van der Waals surface area contributed by atoms with E-state index in [0.717, 1.165) is 0 Å². The van der Waals surface area contributed by atoms with Crippen LogP contribution in [0.25, 0.3) is 0 Å². The molecule has 0 atom stereocenters. The van der Waals surface area contributed by atoms with Crippen LogP contribution in [0.2, 0.25) is 0 Å². The van der Waals surface area contributed by atoms with E-state index in [2.05, 4.69) is 15.3 Å². The number of ether oxygens (including phenoxy) is 1. The first-order chi connectivity index (χ1) is 11.0. The number of rotatable bonds is 5. The Morgan fingerprint density at radius 3 is 2.39 bits per heavy atom. The van der Waals surface area contributed by atoms with Crippen LogP contribution in [0.3, 0.4) is 0 Å². The lowest BCUT2D eigenvalue weighted by atomic mass is 10.1. The molecule has 23 heavy (non-hydrogen) atoms. The van der Waals surface area contributed by atoms with Crippen molar-refractivity contribution in [3.63, 3.8) is 0 Å². The van der Waals surface area contributed by atoms with Gasteiger partial charge < -0.3 is 4.74 Å². The summed E-state index contributed by atoms with van der Waals surface area (Å²) < 4.78 is 41.8. The molecule has 2 aromatic carbocycles. The summed E-state index contributed by atoms with van der Waals surface area (Å²) in [6, 6.07) is 11.3. The van der Waals surface area contributed by atoms with Gasteiger partial charge in [0.25, 0.3) is 5.91 Å². The van der Waals surface area contributed by atoms with Crippen molar-refractivity contribution < 1.29 is 22.7 Å². The number of hydrogen-bond acceptors (Lipinski definition) is 3. The Balaban J connectivity index is 2.05. The zero-order valence-electron chi connectivity index (χ0n) is 12.1. The Kier molecular flexibility index (Phi) is 5.35. The molecule has 0 heterocycles. The maximum atomic E-state index is 13.5. The molecule has 4 nitrogen and oxygen atoms in total. The summed E-state index contributed by atoms with van der Waals surface area (Å²) in [4.78, 5) is 11.8. The number of halogens is 3. The molecule has 0 radical (unpaired) electrons. The van der Waals surface area contributed by atoms with Crippen molar-refractivity contribution in [2.75, 3.05) is 0 Å². The maximum Gasteiger partial charge on any atom is 0.387 e. The van der Waals surface area contributed by atoms with Crippen molar-refractivity contribution in [3.05, 3.63) is 65.5 Å². The van der Waals surface area contributed by atoms with E-state index in [1.807, 2.05) is 0 Å². The largest absolute Gasteiger partial charge is 0.435 e. The number of nitrogens with one attached hydrogen (secondary N) is 1. The monoisotopic (exact) mass is 322 g/mol. The fourth-order valence-electron chi connectivity index (χ4n) is 1.78. The van der Waals surface area contributed by atoms with Gasteiger partial charge in [-0.05, 0) is 48.9 Å². The minimum absolute atomic E-state index is 0.0203. The third-order valence-electron chi connectivity index (χ3n) is 2.94. The third-order valence-corrected chi connectivity index (χ3v) is 2.94. The lowest BCUT2D eigenvalue weighted by Gasteiger charge is -2.06. The van der Waals surface area contributed by atoms with E-state index in [-0.39, 0.29) is 11.3 Å². The molecule has 0 fully saturated rings. The molecule has 0 aliphatic heterocycles. The zero-order chi connectivity index (χ0) is 16.8. The zero-order valence-corrected chi connectivity index (χ0v) is 12.1. The van der Waals surface area contributed by atoms with Gasteiger partial charge in [-0.15, -0.1) is 0 Å². The van der Waals surface area contributed by atoms with Crippen LogP contribution in [-0.4, -0.2) is 18.2 Å². The summed E-state index contributed by atoms with van der Waals surface area (Å²) in [6.07, 6.45) is 0. The Hall–Kier alpha value is -2.83. The summed E-state index contributed by atoms with van der Waals surface area (Å²) in [6.45, 7) is -1.28. The van der Waals surface area contributed by atoms with Gasteiger partial charge in [0.1, 0.15) is 11.6 Å². The maximum absolute atomic E-state index is 13.5. The van der Waals surface area contributed by atoms with E-state index >= 15 is 0 Å². The smallest absolute Gasteiger partial charge is 0.387 e. The standard InChI is InChI=1S/C16H13F3N2O2/c1-10(11-6-8-12(9-7-11)23-16(18)19)20-21-15(22)13-4-2-3-5-14(13)17/h2-9,16H,1H3,(H,21,22)/b20-10-. The quantitative estimate of drug-likeness (QED) is 0.676. The normalized spacial score (nSPS) is 11.4. The summed E-state index contributed by atoms with van der Waals surface area (Å²) in [5.41, 5.74) is 3.15. The van der Waals surface area contributed by atoms with Crippen molar-refractivity contribution in [2.24, 2.45) is 5.10 Å². The van der Waals surface area contributed by atoms with E-state index in [9.17, 15) is 18.0 Å². The molecule has 0 saturated carbocycles. The number of carbonyl (C=O) groups excluding carboxylic acids is 1. The number of benzene rings is 2. The van der Waals surface area contributed by atoms with Crippen molar-refractivity contribution in [1.82, 2.24) is 5.43 Å². The Labute approximate surface area is 130 Å². The molecule has 0 aromatic heterocycles. The molecule has 2 rings (SSSR count). The molecule has 0 aliphatic carbocycles. The average molecular weight is 322 g/mol. The van der Waals surface area contributed by atoms with Gasteiger partial charge in [-0.25, -0.2) is 9.82 Å². The van der Waals surface area contributed by atoms with Crippen LogP contribution in [0, 0.1) is 5.82 Å². The topological polar surface area (TPSA) is 50.7 Å². The number of hydrazone groups is 1. The minimum atomic E-state index is -2.89. The molecular weight excluding hydrogens is 309 g/mol. The first-order valence-electron chi connectivity index (χ1n) is 6.62. The van der Waals surface area contributed by atoms with Gasteiger partial charge in [0.05, 0.1) is 11.3 Å². The predicted octanol–water partition coefficient (Wildman–Crippen LogP) is 3.58. The van der Waals surface area contributed by atoms with Crippen LogP contribution in [0.1, 0.15) is 22.8 Å². The Morgan fingerprint density at radius 2 is 1.78 bits per heavy atom. The number of alkyl halides is 2. The molecule has 0 aliphatic rings. The van der Waals surface area contributed by atoms with Crippen LogP contribution in [0.15, 0.2) is 53.6 Å². The highest BCUT2D eigenvalue weighted by molar-refractivity contribution is 6.00. The second-order valence-corrected chi connectivity index (χ2v) is 4.52. The van der Waals surface area contributed by atoms with Crippen LogP contribution < -0.4 is 10.2 Å². The van der Waals surface area contributed by atoms with Gasteiger partial charge in [0, 0.05) is 0 Å². The first kappa shape index (κ1) is 16.5. The molecule has 0 bridgehead atoms. The van der Waals surface area contributed by atoms with E-state index in [1.54, 1.807) is 6.92 Å². The Morgan fingerprint density at radius 1 is 1.13 bits per heavy atom. The molecule has 7 heteroatoms. The van der Waals surface area contributed by atoms with Gasteiger partial charge in [0.15, 0.2) is 0 Å². The van der Waals surface area contributed by atoms with Gasteiger partial charge in [-0.1, -0.05) is 12.1 Å². The summed E-state index contributed by atoms with van der Waals surface area (Å²) >= 11 is 0. The minimum Gasteiger partial charge on any atom is -0.435 e. The van der Waals surface area contributed by atoms with Gasteiger partial charge in [-0.3, -0.25) is 4.79 Å². The lowest BCUT2D eigenvalue weighted by Crippen LogP contribution is -2.20. The fraction of sp³-hybridized carbons (Fsp3) is 0.125. The molecule has 0 unspecified atom stereocenters. The first-order valence-corrected chi connectivity index (χ1v) is 6.62. The van der Waals surface area contributed by atoms with E-state index in [4.69, 9.17) is 0 Å². The highest BCUT2D eigenvalue weighted by Crippen LogP contribution is 2.15. The summed E-state index contributed by atoms with van der Waals surface area (Å²) in [5, 5.41) is 3.86. The van der Waals surface area contributed by atoms with Gasteiger partial charge in [0.2, 0.25) is 0 Å². The third kappa shape index (κ3) is 4.57. The second kappa shape index (κ2) is 7.44. The van der Waals surface area contributed by atoms with Crippen LogP contribution in [-0.2, 0) is 0 Å². The second-order valence-electron chi connectivity index (χ2n) is 4.52. The predicted molar refractivity (Wildman–Crippen MR) is 79.2 cm³/mol. The SMILES string of the molecule is C/C(=N/NC(=O)c1ccccc1F)c1ccc(OC(F)F)cc1. The summed E-state index contributed by atoms with van der Waals surface area (Å²) in [7, 11) is 0. The van der Waals surface area contributed by atoms with Crippen molar-refractivity contribution in [1.29, 1.82) is 0 Å². The number of hydrogen-bond donors (Lipinski definition) is 1. The van der Waals surface area contributed by atoms with Crippen LogP contribution in [0.5, 0.6) is 5.75 Å². The van der Waals surface area contributed by atoms with Crippen LogP contribution >= 0.6 is 0 Å². The molecule has 2 aromatic rings. The highest BCUT2D eigenvalue weighted by atomic mass is 19.3. The molecule has 0 saturated heterocycles. The van der Waals surface area contributed by atoms with Crippen molar-refractivity contribution >= 4 is 11.6 Å². The van der Waals surface area contributed by atoms with E-state index < -0.39 is 18.3 Å². The molecular formula is C16H13F3N2O2. The number of amides is 1. The van der Waals surface area contributed by atoms with Gasteiger partial charge in [-0.2, -0.15) is 13.9 Å². The van der Waals surface area contributed by atoms with Crippen LogP contribution in [0.4, 0.5) is 13.2 Å². The van der Waals surface area contributed by atoms with E-state index in [0.29, 0.717) is 11.3 Å².